The summed E-state index contributed by atoms with van der Waals surface area (Å²) in [4.78, 5) is 15.3. The molecule has 1 amide bonds. The van der Waals surface area contributed by atoms with Gasteiger partial charge in [-0.15, -0.1) is 0 Å². The highest BCUT2D eigenvalue weighted by Crippen LogP contribution is 2.38. The maximum absolute atomic E-state index is 13.0. The monoisotopic (exact) mass is 282 g/mol. The summed E-state index contributed by atoms with van der Waals surface area (Å²) in [7, 11) is 1.95. The number of hydrogen-bond acceptors (Lipinski definition) is 2. The zero-order valence-corrected chi connectivity index (χ0v) is 12.8. The molecule has 2 rings (SSSR count). The number of nitrogens with two attached hydrogens (primary N) is 1. The lowest BCUT2D eigenvalue weighted by Crippen LogP contribution is -2.51. The summed E-state index contributed by atoms with van der Waals surface area (Å²) in [5.41, 5.74) is 5.44. The SMILES string of the molecule is CN(C(=O)C1(C(N)=S)CCCCCC1)C1CCCC1. The van der Waals surface area contributed by atoms with E-state index in [0.29, 0.717) is 11.0 Å². The van der Waals surface area contributed by atoms with Crippen molar-refractivity contribution in [2.45, 2.75) is 70.3 Å². The number of amides is 1. The first-order chi connectivity index (χ1) is 9.08. The highest BCUT2D eigenvalue weighted by atomic mass is 32.1. The quantitative estimate of drug-likeness (QED) is 0.639. The molecule has 3 nitrogen and oxygen atoms in total. The van der Waals surface area contributed by atoms with Crippen LogP contribution < -0.4 is 5.73 Å². The van der Waals surface area contributed by atoms with Gasteiger partial charge in [0.15, 0.2) is 0 Å². The molecule has 108 valence electrons. The minimum absolute atomic E-state index is 0.189. The Bertz CT molecular complexity index is 342. The van der Waals surface area contributed by atoms with Crippen LogP contribution in [0.1, 0.15) is 64.2 Å². The van der Waals surface area contributed by atoms with E-state index in [-0.39, 0.29) is 5.91 Å². The standard InChI is InChI=1S/C15H26N2OS/c1-17(12-8-4-5-9-12)14(18)15(13(16)19)10-6-2-3-7-11-15/h12H,2-11H2,1H3,(H2,16,19). The molecule has 0 radical (unpaired) electrons. The van der Waals surface area contributed by atoms with Crippen molar-refractivity contribution in [2.75, 3.05) is 7.05 Å². The van der Waals surface area contributed by atoms with E-state index in [1.165, 1.54) is 25.7 Å². The van der Waals surface area contributed by atoms with Gasteiger partial charge in [0, 0.05) is 13.1 Å². The molecule has 0 heterocycles. The van der Waals surface area contributed by atoms with Gasteiger partial charge in [-0.2, -0.15) is 0 Å². The normalized spacial score (nSPS) is 23.8. The topological polar surface area (TPSA) is 46.3 Å². The van der Waals surface area contributed by atoms with E-state index in [2.05, 4.69) is 0 Å². The second-order valence-corrected chi connectivity index (χ2v) is 6.65. The van der Waals surface area contributed by atoms with Gasteiger partial charge < -0.3 is 10.6 Å². The average molecular weight is 282 g/mol. The minimum atomic E-state index is -0.552. The van der Waals surface area contributed by atoms with Gasteiger partial charge in [-0.05, 0) is 25.7 Å². The third kappa shape index (κ3) is 2.93. The van der Waals surface area contributed by atoms with Gasteiger partial charge in [0.2, 0.25) is 5.91 Å². The largest absolute Gasteiger partial charge is 0.392 e. The van der Waals surface area contributed by atoms with Crippen molar-refractivity contribution < 1.29 is 4.79 Å². The number of carbonyl (C=O) groups excluding carboxylic acids is 1. The molecule has 0 aromatic heterocycles. The number of hydrogen-bond donors (Lipinski definition) is 1. The molecule has 2 aliphatic carbocycles. The van der Waals surface area contributed by atoms with E-state index in [9.17, 15) is 4.79 Å². The summed E-state index contributed by atoms with van der Waals surface area (Å²) in [6.45, 7) is 0. The van der Waals surface area contributed by atoms with Crippen LogP contribution >= 0.6 is 12.2 Å². The molecule has 0 saturated heterocycles. The van der Waals surface area contributed by atoms with Crippen LogP contribution in [0.4, 0.5) is 0 Å². The van der Waals surface area contributed by atoms with E-state index >= 15 is 0 Å². The molecule has 0 aliphatic heterocycles. The molecule has 2 saturated carbocycles. The summed E-state index contributed by atoms with van der Waals surface area (Å²) in [5, 5.41) is 0. The van der Waals surface area contributed by atoms with Crippen LogP contribution in [0.2, 0.25) is 0 Å². The van der Waals surface area contributed by atoms with E-state index in [4.69, 9.17) is 18.0 Å². The predicted molar refractivity (Wildman–Crippen MR) is 81.9 cm³/mol. The van der Waals surface area contributed by atoms with Crippen LogP contribution in [0, 0.1) is 5.41 Å². The third-order valence-corrected chi connectivity index (χ3v) is 5.42. The molecule has 2 N–H and O–H groups in total. The van der Waals surface area contributed by atoms with Crippen LogP contribution in [-0.2, 0) is 4.79 Å². The van der Waals surface area contributed by atoms with E-state index in [0.717, 1.165) is 38.5 Å². The maximum Gasteiger partial charge on any atom is 0.235 e. The molecule has 19 heavy (non-hydrogen) atoms. The summed E-state index contributed by atoms with van der Waals surface area (Å²) in [6.07, 6.45) is 11.0. The molecule has 2 fully saturated rings. The molecule has 0 aromatic rings. The Morgan fingerprint density at radius 3 is 2.11 bits per heavy atom. The van der Waals surface area contributed by atoms with Gasteiger partial charge in [0.05, 0.1) is 10.4 Å². The highest BCUT2D eigenvalue weighted by molar-refractivity contribution is 7.80. The van der Waals surface area contributed by atoms with Gasteiger partial charge in [-0.25, -0.2) is 0 Å². The lowest BCUT2D eigenvalue weighted by atomic mass is 9.78. The Morgan fingerprint density at radius 2 is 1.63 bits per heavy atom. The molecular formula is C15H26N2OS. The number of nitrogens with zero attached hydrogens (tertiary/aromatic N) is 1. The molecule has 4 heteroatoms. The first-order valence-electron chi connectivity index (χ1n) is 7.65. The van der Waals surface area contributed by atoms with Crippen LogP contribution in [0.15, 0.2) is 0 Å². The van der Waals surface area contributed by atoms with Crippen molar-refractivity contribution in [1.82, 2.24) is 4.90 Å². The highest BCUT2D eigenvalue weighted by Gasteiger charge is 2.44. The second-order valence-electron chi connectivity index (χ2n) is 6.21. The third-order valence-electron chi connectivity index (χ3n) is 5.03. The lowest BCUT2D eigenvalue weighted by molar-refractivity contribution is -0.139. The van der Waals surface area contributed by atoms with Crippen molar-refractivity contribution >= 4 is 23.1 Å². The molecule has 0 spiro atoms. The molecule has 0 unspecified atom stereocenters. The number of rotatable bonds is 3. The molecule has 2 aliphatic rings. The fraction of sp³-hybridized carbons (Fsp3) is 0.867. The molecule has 0 bridgehead atoms. The second kappa shape index (κ2) is 6.21. The van der Waals surface area contributed by atoms with Crippen molar-refractivity contribution in [3.05, 3.63) is 0 Å². The van der Waals surface area contributed by atoms with Crippen LogP contribution in [-0.4, -0.2) is 28.9 Å². The van der Waals surface area contributed by atoms with E-state index < -0.39 is 5.41 Å². The lowest BCUT2D eigenvalue weighted by Gasteiger charge is -2.37. The van der Waals surface area contributed by atoms with Crippen LogP contribution in [0.25, 0.3) is 0 Å². The average Bonchev–Trinajstić information content (AvgIpc) is 2.81. The van der Waals surface area contributed by atoms with Crippen molar-refractivity contribution in [3.8, 4) is 0 Å². The smallest absolute Gasteiger partial charge is 0.235 e. The Morgan fingerprint density at radius 1 is 1.11 bits per heavy atom. The zero-order valence-electron chi connectivity index (χ0n) is 12.0. The Kier molecular flexibility index (Phi) is 4.82. The van der Waals surface area contributed by atoms with Gasteiger partial charge in [-0.3, -0.25) is 4.79 Å². The zero-order chi connectivity index (χ0) is 13.9. The Labute approximate surface area is 121 Å². The first kappa shape index (κ1) is 14.8. The number of carbonyl (C=O) groups is 1. The summed E-state index contributed by atoms with van der Waals surface area (Å²) < 4.78 is 0. The van der Waals surface area contributed by atoms with E-state index in [1.807, 2.05) is 11.9 Å². The first-order valence-corrected chi connectivity index (χ1v) is 8.06. The summed E-state index contributed by atoms with van der Waals surface area (Å²) >= 11 is 5.29. The minimum Gasteiger partial charge on any atom is -0.392 e. The van der Waals surface area contributed by atoms with Crippen molar-refractivity contribution in [2.24, 2.45) is 11.1 Å². The summed E-state index contributed by atoms with van der Waals surface area (Å²) in [5.74, 6) is 0.189. The summed E-state index contributed by atoms with van der Waals surface area (Å²) in [6, 6.07) is 0.405. The molecular weight excluding hydrogens is 256 g/mol. The predicted octanol–water partition coefficient (Wildman–Crippen LogP) is 3.01. The van der Waals surface area contributed by atoms with Crippen molar-refractivity contribution in [3.63, 3.8) is 0 Å². The fourth-order valence-corrected chi connectivity index (χ4v) is 3.98. The van der Waals surface area contributed by atoms with Crippen LogP contribution in [0.5, 0.6) is 0 Å². The fourth-order valence-electron chi connectivity index (χ4n) is 3.69. The Hall–Kier alpha value is -0.640. The Balaban J connectivity index is 2.17. The number of thiocarbonyl (C=S) groups is 1. The van der Waals surface area contributed by atoms with Crippen molar-refractivity contribution in [1.29, 1.82) is 0 Å². The van der Waals surface area contributed by atoms with Gasteiger partial charge >= 0.3 is 0 Å². The van der Waals surface area contributed by atoms with Gasteiger partial charge in [-0.1, -0.05) is 50.7 Å². The molecule has 0 aromatic carbocycles. The van der Waals surface area contributed by atoms with E-state index in [1.54, 1.807) is 0 Å². The van der Waals surface area contributed by atoms with Gasteiger partial charge in [0.25, 0.3) is 0 Å². The van der Waals surface area contributed by atoms with Crippen LogP contribution in [0.3, 0.4) is 0 Å². The molecule has 0 atom stereocenters. The maximum atomic E-state index is 13.0. The van der Waals surface area contributed by atoms with Gasteiger partial charge in [0.1, 0.15) is 0 Å².